The zero-order chi connectivity index (χ0) is 13.9. The van der Waals surface area contributed by atoms with Gasteiger partial charge in [-0.25, -0.2) is 0 Å². The van der Waals surface area contributed by atoms with Gasteiger partial charge in [0.15, 0.2) is 6.29 Å². The second kappa shape index (κ2) is 6.42. The molecule has 108 valence electrons. The molecule has 6 nitrogen and oxygen atoms in total. The lowest BCUT2D eigenvalue weighted by molar-refractivity contribution is -0.300. The van der Waals surface area contributed by atoms with E-state index in [2.05, 4.69) is 19.6 Å². The van der Waals surface area contributed by atoms with Gasteiger partial charge in [0.25, 0.3) is 0 Å². The molecule has 0 aliphatic carbocycles. The van der Waals surface area contributed by atoms with Crippen LogP contribution in [0.1, 0.15) is 0 Å². The van der Waals surface area contributed by atoms with Crippen molar-refractivity contribution in [3.8, 4) is 0 Å². The summed E-state index contributed by atoms with van der Waals surface area (Å²) in [6.45, 7) is 6.59. The number of hydrogen-bond donors (Lipinski definition) is 4. The maximum Gasteiger partial charge on any atom is 0.186 e. The lowest BCUT2D eigenvalue weighted by Gasteiger charge is -2.39. The van der Waals surface area contributed by atoms with Crippen LogP contribution in [-0.4, -0.2) is 72.4 Å². The molecule has 1 aliphatic heterocycles. The van der Waals surface area contributed by atoms with Crippen molar-refractivity contribution in [1.82, 2.24) is 0 Å². The smallest absolute Gasteiger partial charge is 0.186 e. The number of aliphatic hydroxyl groups excluding tert-OH is 4. The molecule has 1 fully saturated rings. The minimum atomic E-state index is -1.37. The Kier molecular flexibility index (Phi) is 5.72. The predicted octanol–water partition coefficient (Wildman–Crippen LogP) is -0.859. The van der Waals surface area contributed by atoms with Gasteiger partial charge in [0.2, 0.25) is 0 Å². The summed E-state index contributed by atoms with van der Waals surface area (Å²) in [6, 6.07) is 0.905. The van der Waals surface area contributed by atoms with Gasteiger partial charge >= 0.3 is 0 Å². The van der Waals surface area contributed by atoms with Gasteiger partial charge in [-0.3, -0.25) is 0 Å². The van der Waals surface area contributed by atoms with Gasteiger partial charge < -0.3 is 29.9 Å². The van der Waals surface area contributed by atoms with Crippen LogP contribution in [0, 0.1) is 0 Å². The largest absolute Gasteiger partial charge is 0.394 e. The minimum absolute atomic E-state index is 0.429. The molecule has 5 atom stereocenters. The first-order chi connectivity index (χ1) is 8.26. The Bertz CT molecular complexity index is 254. The van der Waals surface area contributed by atoms with E-state index in [0.29, 0.717) is 6.61 Å². The first-order valence-electron chi connectivity index (χ1n) is 6.18. The zero-order valence-corrected chi connectivity index (χ0v) is 12.1. The van der Waals surface area contributed by atoms with Crippen LogP contribution in [0.4, 0.5) is 0 Å². The van der Waals surface area contributed by atoms with Crippen molar-refractivity contribution in [3.63, 3.8) is 0 Å². The summed E-state index contributed by atoms with van der Waals surface area (Å²) >= 11 is 0. The van der Waals surface area contributed by atoms with Gasteiger partial charge in [-0.15, -0.1) is 0 Å². The van der Waals surface area contributed by atoms with Crippen molar-refractivity contribution < 1.29 is 29.9 Å². The molecule has 0 bridgehead atoms. The molecular formula is C11H24O6Si. The van der Waals surface area contributed by atoms with E-state index in [1.807, 2.05) is 0 Å². The molecule has 0 saturated carbocycles. The summed E-state index contributed by atoms with van der Waals surface area (Å²) in [7, 11) is -1.24. The fraction of sp³-hybridized carbons (Fsp3) is 1.00. The third-order valence-corrected chi connectivity index (χ3v) is 4.69. The van der Waals surface area contributed by atoms with Crippen molar-refractivity contribution in [2.24, 2.45) is 0 Å². The van der Waals surface area contributed by atoms with E-state index >= 15 is 0 Å². The van der Waals surface area contributed by atoms with Crippen LogP contribution in [0.2, 0.25) is 25.7 Å². The molecule has 4 N–H and O–H groups in total. The Morgan fingerprint density at radius 1 is 1.06 bits per heavy atom. The van der Waals surface area contributed by atoms with Gasteiger partial charge in [-0.05, 0) is 6.04 Å². The molecular weight excluding hydrogens is 256 g/mol. The maximum atomic E-state index is 9.72. The second-order valence-electron chi connectivity index (χ2n) is 5.88. The van der Waals surface area contributed by atoms with Gasteiger partial charge in [-0.1, -0.05) is 19.6 Å². The van der Waals surface area contributed by atoms with Gasteiger partial charge in [0.05, 0.1) is 6.61 Å². The van der Waals surface area contributed by atoms with Crippen LogP contribution in [0.3, 0.4) is 0 Å². The molecule has 1 saturated heterocycles. The van der Waals surface area contributed by atoms with Gasteiger partial charge in [0.1, 0.15) is 24.4 Å². The average Bonchev–Trinajstić information content (AvgIpc) is 2.27. The second-order valence-corrected chi connectivity index (χ2v) is 11.5. The van der Waals surface area contributed by atoms with E-state index in [1.165, 1.54) is 0 Å². The van der Waals surface area contributed by atoms with Crippen molar-refractivity contribution in [3.05, 3.63) is 0 Å². The monoisotopic (exact) mass is 280 g/mol. The molecule has 1 aliphatic rings. The summed E-state index contributed by atoms with van der Waals surface area (Å²) in [6.07, 6.45) is -5.91. The molecule has 1 rings (SSSR count). The first-order valence-corrected chi connectivity index (χ1v) is 9.89. The molecule has 1 heterocycles. The van der Waals surface area contributed by atoms with E-state index in [1.54, 1.807) is 0 Å². The maximum absolute atomic E-state index is 9.72. The first kappa shape index (κ1) is 16.0. The summed E-state index contributed by atoms with van der Waals surface area (Å²) in [5, 5.41) is 37.9. The third kappa shape index (κ3) is 4.27. The number of hydrogen-bond acceptors (Lipinski definition) is 6. The van der Waals surface area contributed by atoms with E-state index in [9.17, 15) is 15.3 Å². The third-order valence-electron chi connectivity index (χ3n) is 2.98. The van der Waals surface area contributed by atoms with Crippen LogP contribution in [0.5, 0.6) is 0 Å². The SMILES string of the molecule is C[Si](C)(C)CCO[C@@H]1O[C@H](CO)[C@H](O)[C@H](O)[C@H]1O. The zero-order valence-electron chi connectivity index (χ0n) is 11.1. The lowest BCUT2D eigenvalue weighted by atomic mass is 9.99. The Morgan fingerprint density at radius 2 is 1.67 bits per heavy atom. The topological polar surface area (TPSA) is 99.4 Å². The molecule has 7 heteroatoms. The van der Waals surface area contributed by atoms with Crippen molar-refractivity contribution in [2.45, 2.75) is 56.4 Å². The molecule has 0 aromatic carbocycles. The van der Waals surface area contributed by atoms with Gasteiger partial charge in [-0.2, -0.15) is 0 Å². The fourth-order valence-corrected chi connectivity index (χ4v) is 2.42. The van der Waals surface area contributed by atoms with Crippen LogP contribution in [-0.2, 0) is 9.47 Å². The highest BCUT2D eigenvalue weighted by molar-refractivity contribution is 6.76. The molecule has 0 unspecified atom stereocenters. The quantitative estimate of drug-likeness (QED) is 0.489. The van der Waals surface area contributed by atoms with Crippen LogP contribution in [0.15, 0.2) is 0 Å². The van der Waals surface area contributed by atoms with Crippen LogP contribution >= 0.6 is 0 Å². The Labute approximate surface area is 108 Å². The van der Waals surface area contributed by atoms with Crippen LogP contribution < -0.4 is 0 Å². The Morgan fingerprint density at radius 3 is 2.17 bits per heavy atom. The number of aliphatic hydroxyl groups is 4. The number of ether oxygens (including phenoxy) is 2. The molecule has 0 aromatic heterocycles. The Balaban J connectivity index is 2.49. The summed E-state index contributed by atoms with van der Waals surface area (Å²) in [4.78, 5) is 0. The summed E-state index contributed by atoms with van der Waals surface area (Å²) in [5.41, 5.74) is 0. The summed E-state index contributed by atoms with van der Waals surface area (Å²) in [5.74, 6) is 0. The molecule has 0 spiro atoms. The molecule has 18 heavy (non-hydrogen) atoms. The predicted molar refractivity (Wildman–Crippen MR) is 67.9 cm³/mol. The van der Waals surface area contributed by atoms with Crippen molar-refractivity contribution >= 4 is 8.07 Å². The summed E-state index contributed by atoms with van der Waals surface area (Å²) < 4.78 is 10.6. The van der Waals surface area contributed by atoms with Crippen molar-refractivity contribution in [2.75, 3.05) is 13.2 Å². The van der Waals surface area contributed by atoms with Gasteiger partial charge in [0, 0.05) is 14.7 Å². The number of rotatable bonds is 5. The van der Waals surface area contributed by atoms with E-state index in [0.717, 1.165) is 6.04 Å². The molecule has 0 aromatic rings. The van der Waals surface area contributed by atoms with E-state index < -0.39 is 45.4 Å². The Hall–Kier alpha value is -0.0231. The van der Waals surface area contributed by atoms with E-state index in [4.69, 9.17) is 14.6 Å². The minimum Gasteiger partial charge on any atom is -0.394 e. The molecule has 0 amide bonds. The molecule has 0 radical (unpaired) electrons. The van der Waals surface area contributed by atoms with Crippen LogP contribution in [0.25, 0.3) is 0 Å². The fourth-order valence-electron chi connectivity index (χ4n) is 1.69. The highest BCUT2D eigenvalue weighted by Gasteiger charge is 2.43. The standard InChI is InChI=1S/C11H24O6Si/c1-18(2,3)5-4-16-11-10(15)9(14)8(13)7(6-12)17-11/h7-15H,4-6H2,1-3H3/t7-,8+,9+,10-,11-/m1/s1. The highest BCUT2D eigenvalue weighted by Crippen LogP contribution is 2.22. The van der Waals surface area contributed by atoms with Crippen molar-refractivity contribution in [1.29, 1.82) is 0 Å². The highest BCUT2D eigenvalue weighted by atomic mass is 28.3. The average molecular weight is 280 g/mol. The normalized spacial score (nSPS) is 37.8. The lowest BCUT2D eigenvalue weighted by Crippen LogP contribution is -2.59. The van der Waals surface area contributed by atoms with E-state index in [-0.39, 0.29) is 0 Å².